The van der Waals surface area contributed by atoms with Crippen molar-refractivity contribution in [2.75, 3.05) is 32.2 Å². The quantitative estimate of drug-likeness (QED) is 0.864. The van der Waals surface area contributed by atoms with Gasteiger partial charge in [0.2, 0.25) is 0 Å². The molecule has 1 aromatic carbocycles. The Morgan fingerprint density at radius 2 is 2.00 bits per heavy atom. The van der Waals surface area contributed by atoms with Gasteiger partial charge in [-0.2, -0.15) is 0 Å². The highest BCUT2D eigenvalue weighted by molar-refractivity contribution is 5.46. The molecule has 0 aromatic heterocycles. The Balaban J connectivity index is 1.96. The van der Waals surface area contributed by atoms with E-state index in [-0.39, 0.29) is 0 Å². The largest absolute Gasteiger partial charge is 0.380 e. The Hall–Kier alpha value is -1.06. The molecule has 0 bridgehead atoms. The fourth-order valence-electron chi connectivity index (χ4n) is 2.18. The van der Waals surface area contributed by atoms with Crippen LogP contribution in [0.5, 0.6) is 0 Å². The lowest BCUT2D eigenvalue weighted by Crippen LogP contribution is -2.31. The summed E-state index contributed by atoms with van der Waals surface area (Å²) in [7, 11) is 4.12. The molecule has 1 N–H and O–H groups in total. The third kappa shape index (κ3) is 3.20. The molecule has 0 radical (unpaired) electrons. The Kier molecular flexibility index (Phi) is 4.02. The lowest BCUT2D eigenvalue weighted by Gasteiger charge is -2.20. The number of hydrogen-bond acceptors (Lipinski definition) is 3. The average Bonchev–Trinajstić information content (AvgIpc) is 2.82. The third-order valence-electron chi connectivity index (χ3n) is 3.32. The molecular formula is C14H22N2O. The molecule has 17 heavy (non-hydrogen) atoms. The van der Waals surface area contributed by atoms with Gasteiger partial charge < -0.3 is 15.0 Å². The monoisotopic (exact) mass is 234 g/mol. The minimum atomic E-state index is 0.387. The van der Waals surface area contributed by atoms with Gasteiger partial charge in [0.15, 0.2) is 0 Å². The van der Waals surface area contributed by atoms with Crippen LogP contribution in [0.4, 0.5) is 5.69 Å². The summed E-state index contributed by atoms with van der Waals surface area (Å²) in [5, 5.41) is 3.61. The van der Waals surface area contributed by atoms with E-state index in [1.165, 1.54) is 11.3 Å². The number of nitrogens with one attached hydrogen (secondary N) is 1. The zero-order valence-corrected chi connectivity index (χ0v) is 10.9. The number of anilines is 1. The van der Waals surface area contributed by atoms with Gasteiger partial charge in [0.05, 0.1) is 6.61 Å². The molecule has 2 rings (SSSR count). The molecule has 1 fully saturated rings. The van der Waals surface area contributed by atoms with Crippen LogP contribution >= 0.6 is 0 Å². The minimum absolute atomic E-state index is 0.387. The minimum Gasteiger partial charge on any atom is -0.380 e. The fraction of sp³-hybridized carbons (Fsp3) is 0.571. The van der Waals surface area contributed by atoms with Crippen LogP contribution in [0.25, 0.3) is 0 Å². The summed E-state index contributed by atoms with van der Waals surface area (Å²) in [6, 6.07) is 9.62. The molecule has 0 amide bonds. The summed E-state index contributed by atoms with van der Waals surface area (Å²) in [6.07, 6.45) is 1.13. The van der Waals surface area contributed by atoms with Crippen molar-refractivity contribution in [1.82, 2.24) is 5.32 Å². The van der Waals surface area contributed by atoms with Crippen molar-refractivity contribution in [2.45, 2.75) is 25.4 Å². The topological polar surface area (TPSA) is 24.5 Å². The summed E-state index contributed by atoms with van der Waals surface area (Å²) in [5.74, 6) is 0. The Morgan fingerprint density at radius 3 is 2.53 bits per heavy atom. The number of ether oxygens (including phenoxy) is 1. The van der Waals surface area contributed by atoms with Gasteiger partial charge in [-0.05, 0) is 31.0 Å². The maximum Gasteiger partial charge on any atom is 0.0620 e. The van der Waals surface area contributed by atoms with Crippen molar-refractivity contribution in [2.24, 2.45) is 0 Å². The van der Waals surface area contributed by atoms with Crippen LogP contribution < -0.4 is 10.2 Å². The van der Waals surface area contributed by atoms with Crippen molar-refractivity contribution in [3.05, 3.63) is 29.8 Å². The highest BCUT2D eigenvalue weighted by Crippen LogP contribution is 2.19. The van der Waals surface area contributed by atoms with Crippen molar-refractivity contribution in [1.29, 1.82) is 0 Å². The molecule has 1 aliphatic rings. The van der Waals surface area contributed by atoms with Gasteiger partial charge in [-0.15, -0.1) is 0 Å². The fourth-order valence-corrected chi connectivity index (χ4v) is 2.18. The van der Waals surface area contributed by atoms with E-state index in [2.05, 4.69) is 55.5 Å². The third-order valence-corrected chi connectivity index (χ3v) is 3.32. The predicted octanol–water partition coefficient (Wildman–Crippen LogP) is 2.19. The van der Waals surface area contributed by atoms with Crippen molar-refractivity contribution in [3.63, 3.8) is 0 Å². The molecule has 0 spiro atoms. The highest BCUT2D eigenvalue weighted by atomic mass is 16.5. The first kappa shape index (κ1) is 12.4. The molecule has 2 unspecified atom stereocenters. The number of nitrogens with zero attached hydrogens (tertiary/aromatic N) is 1. The van der Waals surface area contributed by atoms with Crippen LogP contribution in [0.3, 0.4) is 0 Å². The molecule has 1 heterocycles. The van der Waals surface area contributed by atoms with E-state index >= 15 is 0 Å². The molecular weight excluding hydrogens is 212 g/mol. The van der Waals surface area contributed by atoms with Crippen LogP contribution in [-0.2, 0) is 4.74 Å². The van der Waals surface area contributed by atoms with Crippen LogP contribution in [0.2, 0.25) is 0 Å². The molecule has 3 heteroatoms. The normalized spacial score (nSPS) is 21.5. The van der Waals surface area contributed by atoms with Crippen molar-refractivity contribution >= 4 is 5.69 Å². The van der Waals surface area contributed by atoms with E-state index in [0.29, 0.717) is 12.1 Å². The zero-order chi connectivity index (χ0) is 12.3. The highest BCUT2D eigenvalue weighted by Gasteiger charge is 2.17. The van der Waals surface area contributed by atoms with Gasteiger partial charge >= 0.3 is 0 Å². The smallest absolute Gasteiger partial charge is 0.0620 e. The summed E-state index contributed by atoms with van der Waals surface area (Å²) in [5.41, 5.74) is 2.58. The second-order valence-electron chi connectivity index (χ2n) is 4.93. The van der Waals surface area contributed by atoms with Gasteiger partial charge in [-0.1, -0.05) is 12.1 Å². The average molecular weight is 234 g/mol. The molecule has 2 atom stereocenters. The lowest BCUT2D eigenvalue weighted by molar-refractivity contribution is 0.188. The van der Waals surface area contributed by atoms with E-state index in [1.807, 2.05) is 0 Å². The standard InChI is InChI=1S/C14H22N2O/c1-11(15-13-8-9-17-10-13)12-4-6-14(7-5-12)16(2)3/h4-7,11,13,15H,8-10H2,1-3H3. The van der Waals surface area contributed by atoms with E-state index in [9.17, 15) is 0 Å². The summed E-state index contributed by atoms with van der Waals surface area (Å²) >= 11 is 0. The van der Waals surface area contributed by atoms with Crippen molar-refractivity contribution in [3.8, 4) is 0 Å². The van der Waals surface area contributed by atoms with Gasteiger partial charge in [0.1, 0.15) is 0 Å². The Labute approximate surface area is 104 Å². The summed E-state index contributed by atoms with van der Waals surface area (Å²) < 4.78 is 5.38. The zero-order valence-electron chi connectivity index (χ0n) is 10.9. The summed E-state index contributed by atoms with van der Waals surface area (Å²) in [4.78, 5) is 2.12. The molecule has 0 saturated carbocycles. The van der Waals surface area contributed by atoms with E-state index in [1.54, 1.807) is 0 Å². The second kappa shape index (κ2) is 5.52. The van der Waals surface area contributed by atoms with Gasteiger partial charge in [0, 0.05) is 38.5 Å². The van der Waals surface area contributed by atoms with E-state index in [0.717, 1.165) is 19.6 Å². The SMILES string of the molecule is CC(NC1CCOC1)c1ccc(N(C)C)cc1. The predicted molar refractivity (Wildman–Crippen MR) is 71.5 cm³/mol. The van der Waals surface area contributed by atoms with Gasteiger partial charge in [-0.25, -0.2) is 0 Å². The molecule has 1 aromatic rings. The molecule has 1 saturated heterocycles. The second-order valence-corrected chi connectivity index (χ2v) is 4.93. The first-order valence-corrected chi connectivity index (χ1v) is 6.28. The van der Waals surface area contributed by atoms with Gasteiger partial charge in [0.25, 0.3) is 0 Å². The lowest BCUT2D eigenvalue weighted by atomic mass is 10.1. The molecule has 3 nitrogen and oxygen atoms in total. The first-order valence-electron chi connectivity index (χ1n) is 6.28. The van der Waals surface area contributed by atoms with Crippen LogP contribution in [-0.4, -0.2) is 33.4 Å². The van der Waals surface area contributed by atoms with Gasteiger partial charge in [-0.3, -0.25) is 0 Å². The Bertz CT molecular complexity index is 342. The van der Waals surface area contributed by atoms with Crippen LogP contribution in [0.1, 0.15) is 24.9 Å². The number of rotatable bonds is 4. The Morgan fingerprint density at radius 1 is 1.29 bits per heavy atom. The van der Waals surface area contributed by atoms with Crippen molar-refractivity contribution < 1.29 is 4.74 Å². The molecule has 0 aliphatic carbocycles. The maximum atomic E-state index is 5.38. The van der Waals surface area contributed by atoms with E-state index in [4.69, 9.17) is 4.74 Å². The molecule has 94 valence electrons. The number of hydrogen-bond donors (Lipinski definition) is 1. The summed E-state index contributed by atoms with van der Waals surface area (Å²) in [6.45, 7) is 3.95. The maximum absolute atomic E-state index is 5.38. The van der Waals surface area contributed by atoms with Crippen LogP contribution in [0.15, 0.2) is 24.3 Å². The van der Waals surface area contributed by atoms with E-state index < -0.39 is 0 Å². The molecule has 1 aliphatic heterocycles. The van der Waals surface area contributed by atoms with Crippen LogP contribution in [0, 0.1) is 0 Å². The first-order chi connectivity index (χ1) is 8.16. The number of benzene rings is 1.